The van der Waals surface area contributed by atoms with E-state index in [-0.39, 0.29) is 5.69 Å². The van der Waals surface area contributed by atoms with Gasteiger partial charge < -0.3 is 4.74 Å². The Labute approximate surface area is 119 Å². The molecule has 0 atom stereocenters. The van der Waals surface area contributed by atoms with Crippen molar-refractivity contribution < 1.29 is 9.66 Å². The van der Waals surface area contributed by atoms with Gasteiger partial charge in [-0.3, -0.25) is 10.1 Å². The summed E-state index contributed by atoms with van der Waals surface area (Å²) < 4.78 is 7.01. The highest BCUT2D eigenvalue weighted by Gasteiger charge is 2.08. The summed E-state index contributed by atoms with van der Waals surface area (Å²) in [5.41, 5.74) is 0.0187. The van der Waals surface area contributed by atoms with Crippen LogP contribution in [0.1, 0.15) is 0 Å². The molecule has 0 N–H and O–H groups in total. The minimum atomic E-state index is -0.461. The first-order valence-corrected chi connectivity index (χ1v) is 6.38. The number of halogens is 2. The van der Waals surface area contributed by atoms with Gasteiger partial charge >= 0.3 is 0 Å². The Balaban J connectivity index is 2.21. The zero-order chi connectivity index (χ0) is 13.1. The first-order chi connectivity index (χ1) is 8.56. The van der Waals surface area contributed by atoms with E-state index in [0.717, 1.165) is 4.47 Å². The van der Waals surface area contributed by atoms with E-state index in [1.807, 2.05) is 0 Å². The number of nitro groups is 1. The van der Waals surface area contributed by atoms with Gasteiger partial charge in [0.2, 0.25) is 5.88 Å². The molecule has 0 bridgehead atoms. The van der Waals surface area contributed by atoms with Gasteiger partial charge in [-0.25, -0.2) is 4.98 Å². The van der Waals surface area contributed by atoms with Gasteiger partial charge in [0.15, 0.2) is 0 Å². The number of rotatable bonds is 3. The molecule has 7 heteroatoms. The monoisotopic (exact) mass is 372 g/mol. The first-order valence-electron chi connectivity index (χ1n) is 4.79. The van der Waals surface area contributed by atoms with E-state index in [9.17, 15) is 10.1 Å². The molecule has 0 saturated heterocycles. The molecule has 0 unspecified atom stereocenters. The predicted octanol–water partition coefficient (Wildman–Crippen LogP) is 4.31. The number of non-ortho nitro benzene ring substituents is 1. The van der Waals surface area contributed by atoms with Gasteiger partial charge in [-0.15, -0.1) is 0 Å². The van der Waals surface area contributed by atoms with E-state index in [2.05, 4.69) is 36.8 Å². The van der Waals surface area contributed by atoms with Gasteiger partial charge in [0.25, 0.3) is 5.69 Å². The maximum Gasteiger partial charge on any atom is 0.269 e. The second-order valence-corrected chi connectivity index (χ2v) is 5.06. The van der Waals surface area contributed by atoms with E-state index in [1.165, 1.54) is 24.3 Å². The van der Waals surface area contributed by atoms with Crippen LogP contribution in [0.3, 0.4) is 0 Å². The number of nitro benzene ring substituents is 1. The topological polar surface area (TPSA) is 65.3 Å². The van der Waals surface area contributed by atoms with Crippen LogP contribution in [0.15, 0.2) is 45.5 Å². The molecule has 0 radical (unpaired) electrons. The summed E-state index contributed by atoms with van der Waals surface area (Å²) in [6.45, 7) is 0. The Kier molecular flexibility index (Phi) is 3.93. The number of aromatic nitrogens is 1. The van der Waals surface area contributed by atoms with E-state index >= 15 is 0 Å². The zero-order valence-corrected chi connectivity index (χ0v) is 12.0. The van der Waals surface area contributed by atoms with Crippen molar-refractivity contribution in [3.05, 3.63) is 55.6 Å². The Bertz CT molecular complexity index is 587. The van der Waals surface area contributed by atoms with Crippen LogP contribution in [0.25, 0.3) is 0 Å². The standard InChI is InChI=1S/C11H6Br2N2O3/c12-7-5-10(13)11(14-6-7)18-9-3-1-8(2-4-9)15(16)17/h1-6H. The van der Waals surface area contributed by atoms with Crippen molar-refractivity contribution in [3.8, 4) is 11.6 Å². The first kappa shape index (κ1) is 13.0. The average Bonchev–Trinajstić information content (AvgIpc) is 2.33. The molecule has 0 aliphatic heterocycles. The van der Waals surface area contributed by atoms with Gasteiger partial charge in [0, 0.05) is 22.8 Å². The molecule has 18 heavy (non-hydrogen) atoms. The highest BCUT2D eigenvalue weighted by Crippen LogP contribution is 2.30. The molecule has 2 aromatic rings. The lowest BCUT2D eigenvalue weighted by molar-refractivity contribution is -0.384. The lowest BCUT2D eigenvalue weighted by Gasteiger charge is -2.06. The SMILES string of the molecule is O=[N+]([O-])c1ccc(Oc2ncc(Br)cc2Br)cc1. The van der Waals surface area contributed by atoms with E-state index < -0.39 is 4.92 Å². The van der Waals surface area contributed by atoms with E-state index in [4.69, 9.17) is 4.74 Å². The van der Waals surface area contributed by atoms with Crippen molar-refractivity contribution in [1.82, 2.24) is 4.98 Å². The summed E-state index contributed by atoms with van der Waals surface area (Å²) in [5, 5.41) is 10.5. The minimum absolute atomic E-state index is 0.0187. The number of benzene rings is 1. The zero-order valence-electron chi connectivity index (χ0n) is 8.84. The molecule has 0 amide bonds. The Hall–Kier alpha value is -1.47. The van der Waals surface area contributed by atoms with Crippen molar-refractivity contribution >= 4 is 37.5 Å². The Morgan fingerprint density at radius 2 is 1.89 bits per heavy atom. The van der Waals surface area contributed by atoms with Crippen molar-refractivity contribution in [1.29, 1.82) is 0 Å². The lowest BCUT2D eigenvalue weighted by atomic mass is 10.3. The molecule has 2 rings (SSSR count). The van der Waals surface area contributed by atoms with Crippen LogP contribution in [0.2, 0.25) is 0 Å². The highest BCUT2D eigenvalue weighted by molar-refractivity contribution is 9.11. The number of nitrogens with zero attached hydrogens (tertiary/aromatic N) is 2. The summed E-state index contributed by atoms with van der Waals surface area (Å²) in [6, 6.07) is 7.60. The number of pyridine rings is 1. The van der Waals surface area contributed by atoms with Crippen LogP contribution in [0.4, 0.5) is 5.69 Å². The van der Waals surface area contributed by atoms with E-state index in [0.29, 0.717) is 16.1 Å². The molecule has 0 aliphatic carbocycles. The summed E-state index contributed by atoms with van der Waals surface area (Å²) in [6.07, 6.45) is 1.60. The fraction of sp³-hybridized carbons (Fsp3) is 0. The molecule has 5 nitrogen and oxygen atoms in total. The lowest BCUT2D eigenvalue weighted by Crippen LogP contribution is -1.90. The van der Waals surface area contributed by atoms with Gasteiger partial charge in [-0.2, -0.15) is 0 Å². The van der Waals surface area contributed by atoms with Crippen LogP contribution in [-0.4, -0.2) is 9.91 Å². The predicted molar refractivity (Wildman–Crippen MR) is 72.8 cm³/mol. The fourth-order valence-corrected chi connectivity index (χ4v) is 2.29. The molecule has 0 fully saturated rings. The Morgan fingerprint density at radius 1 is 1.22 bits per heavy atom. The molecule has 1 aromatic carbocycles. The molecular formula is C11H6Br2N2O3. The molecule has 1 heterocycles. The number of hydrogen-bond donors (Lipinski definition) is 0. The molecule has 0 aliphatic rings. The molecule has 0 spiro atoms. The van der Waals surface area contributed by atoms with Gasteiger partial charge in [0.05, 0.1) is 9.40 Å². The van der Waals surface area contributed by atoms with Gasteiger partial charge in [-0.1, -0.05) is 0 Å². The Morgan fingerprint density at radius 3 is 2.44 bits per heavy atom. The molecule has 92 valence electrons. The van der Waals surface area contributed by atoms with Crippen LogP contribution < -0.4 is 4.74 Å². The van der Waals surface area contributed by atoms with Crippen LogP contribution in [-0.2, 0) is 0 Å². The quantitative estimate of drug-likeness (QED) is 0.594. The maximum atomic E-state index is 10.5. The fourth-order valence-electron chi connectivity index (χ4n) is 1.22. The molecular weight excluding hydrogens is 368 g/mol. The highest BCUT2D eigenvalue weighted by atomic mass is 79.9. The largest absolute Gasteiger partial charge is 0.438 e. The minimum Gasteiger partial charge on any atom is -0.438 e. The maximum absolute atomic E-state index is 10.5. The number of ether oxygens (including phenoxy) is 1. The third kappa shape index (κ3) is 3.05. The third-order valence-corrected chi connectivity index (χ3v) is 3.04. The average molecular weight is 374 g/mol. The second-order valence-electron chi connectivity index (χ2n) is 3.29. The summed E-state index contributed by atoms with van der Waals surface area (Å²) >= 11 is 6.60. The molecule has 1 aromatic heterocycles. The third-order valence-electron chi connectivity index (χ3n) is 2.04. The van der Waals surface area contributed by atoms with Crippen molar-refractivity contribution in [2.24, 2.45) is 0 Å². The van der Waals surface area contributed by atoms with Crippen molar-refractivity contribution in [2.45, 2.75) is 0 Å². The smallest absolute Gasteiger partial charge is 0.269 e. The second kappa shape index (κ2) is 5.45. The van der Waals surface area contributed by atoms with Crippen molar-refractivity contribution in [3.63, 3.8) is 0 Å². The van der Waals surface area contributed by atoms with Gasteiger partial charge in [0.1, 0.15) is 5.75 Å². The normalized spacial score (nSPS) is 10.1. The summed E-state index contributed by atoms with van der Waals surface area (Å²) in [4.78, 5) is 14.1. The van der Waals surface area contributed by atoms with Crippen LogP contribution >= 0.6 is 31.9 Å². The van der Waals surface area contributed by atoms with Crippen LogP contribution in [0, 0.1) is 10.1 Å². The molecule has 0 saturated carbocycles. The van der Waals surface area contributed by atoms with E-state index in [1.54, 1.807) is 12.3 Å². The summed E-state index contributed by atoms with van der Waals surface area (Å²) in [5.74, 6) is 0.878. The van der Waals surface area contributed by atoms with Crippen molar-refractivity contribution in [2.75, 3.05) is 0 Å². The summed E-state index contributed by atoms with van der Waals surface area (Å²) in [7, 11) is 0. The van der Waals surface area contributed by atoms with Gasteiger partial charge in [-0.05, 0) is 50.1 Å². The van der Waals surface area contributed by atoms with Crippen LogP contribution in [0.5, 0.6) is 11.6 Å². The number of hydrogen-bond acceptors (Lipinski definition) is 4.